The smallest absolute Gasteiger partial charge is 0.270 e. The highest BCUT2D eigenvalue weighted by molar-refractivity contribution is 7.98. The summed E-state index contributed by atoms with van der Waals surface area (Å²) in [4.78, 5) is 18.0. The number of H-pyrrole nitrogens is 2. The van der Waals surface area contributed by atoms with Gasteiger partial charge in [0.05, 0.1) is 5.69 Å². The van der Waals surface area contributed by atoms with E-state index >= 15 is 0 Å². The number of hydrogen-bond acceptors (Lipinski definition) is 4. The van der Waals surface area contributed by atoms with E-state index in [0.717, 1.165) is 10.5 Å². The van der Waals surface area contributed by atoms with E-state index in [1.807, 2.05) is 36.6 Å². The summed E-state index contributed by atoms with van der Waals surface area (Å²) in [5, 5.41) is 9.02. The largest absolute Gasteiger partial charge is 0.331 e. The van der Waals surface area contributed by atoms with Crippen molar-refractivity contribution in [3.63, 3.8) is 0 Å². The Morgan fingerprint density at radius 1 is 1.28 bits per heavy atom. The van der Waals surface area contributed by atoms with Crippen molar-refractivity contribution < 1.29 is 0 Å². The molecule has 18 heavy (non-hydrogen) atoms. The minimum atomic E-state index is -0.467. The molecule has 0 aliphatic heterocycles. The molecule has 2 N–H and O–H groups in total. The van der Waals surface area contributed by atoms with Crippen LogP contribution in [0.5, 0.6) is 0 Å². The zero-order chi connectivity index (χ0) is 13.1. The molecule has 6 heteroatoms. The lowest BCUT2D eigenvalue weighted by Gasteiger charge is -2.04. The molecular formula is C12H9N3OS2. The molecule has 0 radical (unpaired) electrons. The van der Waals surface area contributed by atoms with Crippen LogP contribution in [0, 0.1) is 16.1 Å². The van der Waals surface area contributed by atoms with E-state index in [2.05, 4.69) is 9.97 Å². The summed E-state index contributed by atoms with van der Waals surface area (Å²) in [5.74, 6) is 0. The fourth-order valence-electron chi connectivity index (χ4n) is 1.57. The fourth-order valence-corrected chi connectivity index (χ4v) is 2.17. The second-order valence-corrected chi connectivity index (χ2v) is 4.79. The standard InChI is InChI=1S/C12H9N3OS2/c1-18-8-4-2-7(3-5-8)10-9(6-13)11(16)15-12(17)14-10/h2-5H,1H3,(H2,14,15,16,17). The van der Waals surface area contributed by atoms with Crippen LogP contribution in [0.4, 0.5) is 0 Å². The number of benzene rings is 1. The first-order valence-corrected chi connectivity index (χ1v) is 6.70. The molecule has 0 fully saturated rings. The first-order chi connectivity index (χ1) is 8.65. The van der Waals surface area contributed by atoms with Gasteiger partial charge in [0, 0.05) is 4.90 Å². The highest BCUT2D eigenvalue weighted by Gasteiger charge is 2.09. The van der Waals surface area contributed by atoms with Crippen LogP contribution in [0.2, 0.25) is 0 Å². The summed E-state index contributed by atoms with van der Waals surface area (Å²) >= 11 is 6.54. The Kier molecular flexibility index (Phi) is 3.65. The van der Waals surface area contributed by atoms with Gasteiger partial charge in [-0.2, -0.15) is 5.26 Å². The molecule has 0 saturated heterocycles. The molecule has 0 bridgehead atoms. The van der Waals surface area contributed by atoms with Crippen molar-refractivity contribution in [1.29, 1.82) is 5.26 Å². The minimum Gasteiger partial charge on any atom is -0.331 e. The van der Waals surface area contributed by atoms with Gasteiger partial charge in [-0.1, -0.05) is 12.1 Å². The van der Waals surface area contributed by atoms with Gasteiger partial charge in [0.2, 0.25) is 0 Å². The van der Waals surface area contributed by atoms with Gasteiger partial charge in [-0.05, 0) is 36.2 Å². The molecule has 0 aliphatic carbocycles. The Labute approximate surface area is 113 Å². The maximum absolute atomic E-state index is 11.6. The van der Waals surface area contributed by atoms with E-state index < -0.39 is 5.56 Å². The van der Waals surface area contributed by atoms with E-state index in [9.17, 15) is 4.79 Å². The van der Waals surface area contributed by atoms with Crippen molar-refractivity contribution >= 4 is 24.0 Å². The number of nitriles is 1. The molecule has 0 saturated carbocycles. The molecule has 0 atom stereocenters. The van der Waals surface area contributed by atoms with Gasteiger partial charge in [0.25, 0.3) is 5.56 Å². The van der Waals surface area contributed by atoms with Crippen LogP contribution in [0.15, 0.2) is 34.0 Å². The Morgan fingerprint density at radius 2 is 1.94 bits per heavy atom. The van der Waals surface area contributed by atoms with Crippen molar-refractivity contribution in [3.05, 3.63) is 45.0 Å². The quantitative estimate of drug-likeness (QED) is 0.653. The topological polar surface area (TPSA) is 72.4 Å². The lowest BCUT2D eigenvalue weighted by molar-refractivity contribution is 1.08. The van der Waals surface area contributed by atoms with E-state index in [0.29, 0.717) is 5.69 Å². The summed E-state index contributed by atoms with van der Waals surface area (Å²) in [5.41, 5.74) is 0.797. The molecule has 1 aromatic carbocycles. The third kappa shape index (κ3) is 2.37. The van der Waals surface area contributed by atoms with Crippen molar-refractivity contribution in [2.45, 2.75) is 4.90 Å². The number of nitrogens with one attached hydrogen (secondary N) is 2. The fraction of sp³-hybridized carbons (Fsp3) is 0.0833. The average molecular weight is 275 g/mol. The lowest BCUT2D eigenvalue weighted by Crippen LogP contribution is -2.13. The summed E-state index contributed by atoms with van der Waals surface area (Å²) in [6, 6.07) is 9.46. The first kappa shape index (κ1) is 12.6. The van der Waals surface area contributed by atoms with Crippen LogP contribution in [-0.2, 0) is 0 Å². The zero-order valence-corrected chi connectivity index (χ0v) is 11.1. The van der Waals surface area contributed by atoms with Crippen molar-refractivity contribution in [1.82, 2.24) is 9.97 Å². The van der Waals surface area contributed by atoms with E-state index in [4.69, 9.17) is 17.5 Å². The number of nitrogens with zero attached hydrogens (tertiary/aromatic N) is 1. The second-order valence-electron chi connectivity index (χ2n) is 3.50. The Balaban J connectivity index is 2.67. The van der Waals surface area contributed by atoms with Crippen molar-refractivity contribution in [2.75, 3.05) is 6.26 Å². The maximum Gasteiger partial charge on any atom is 0.270 e. The van der Waals surface area contributed by atoms with Gasteiger partial charge in [-0.25, -0.2) is 0 Å². The molecule has 90 valence electrons. The predicted molar refractivity (Wildman–Crippen MR) is 74.2 cm³/mol. The minimum absolute atomic E-state index is 0.0421. The Hall–Kier alpha value is -1.84. The maximum atomic E-state index is 11.6. The summed E-state index contributed by atoms with van der Waals surface area (Å²) in [6.45, 7) is 0. The SMILES string of the molecule is CSc1ccc(-c2[nH]c(=S)[nH]c(=O)c2C#N)cc1. The molecule has 2 aromatic rings. The zero-order valence-electron chi connectivity index (χ0n) is 9.48. The highest BCUT2D eigenvalue weighted by Crippen LogP contribution is 2.22. The van der Waals surface area contributed by atoms with Gasteiger partial charge >= 0.3 is 0 Å². The molecule has 0 unspecified atom stereocenters. The number of hydrogen-bond donors (Lipinski definition) is 2. The second kappa shape index (κ2) is 5.21. The molecule has 0 spiro atoms. The van der Waals surface area contributed by atoms with Gasteiger partial charge in [0.15, 0.2) is 4.77 Å². The molecular weight excluding hydrogens is 266 g/mol. The Morgan fingerprint density at radius 3 is 2.50 bits per heavy atom. The van der Waals surface area contributed by atoms with Gasteiger partial charge in [-0.3, -0.25) is 9.78 Å². The lowest BCUT2D eigenvalue weighted by atomic mass is 10.1. The number of rotatable bonds is 2. The van der Waals surface area contributed by atoms with Crippen LogP contribution in [-0.4, -0.2) is 16.2 Å². The Bertz CT molecular complexity index is 723. The first-order valence-electron chi connectivity index (χ1n) is 5.07. The van der Waals surface area contributed by atoms with Crippen LogP contribution in [0.3, 0.4) is 0 Å². The van der Waals surface area contributed by atoms with Crippen LogP contribution >= 0.6 is 24.0 Å². The molecule has 2 rings (SSSR count). The molecule has 4 nitrogen and oxygen atoms in total. The van der Waals surface area contributed by atoms with Gasteiger partial charge in [-0.15, -0.1) is 11.8 Å². The summed E-state index contributed by atoms with van der Waals surface area (Å²) in [7, 11) is 0. The molecule has 1 aromatic heterocycles. The molecule has 0 amide bonds. The highest BCUT2D eigenvalue weighted by atomic mass is 32.2. The van der Waals surface area contributed by atoms with Gasteiger partial charge in [0.1, 0.15) is 11.6 Å². The number of aromatic amines is 2. The van der Waals surface area contributed by atoms with Crippen LogP contribution in [0.25, 0.3) is 11.3 Å². The molecule has 1 heterocycles. The van der Waals surface area contributed by atoms with E-state index in [1.165, 1.54) is 0 Å². The van der Waals surface area contributed by atoms with Gasteiger partial charge < -0.3 is 4.98 Å². The third-order valence-electron chi connectivity index (χ3n) is 2.43. The van der Waals surface area contributed by atoms with E-state index in [-0.39, 0.29) is 10.3 Å². The van der Waals surface area contributed by atoms with E-state index in [1.54, 1.807) is 11.8 Å². The number of thioether (sulfide) groups is 1. The summed E-state index contributed by atoms with van der Waals surface area (Å²) in [6.07, 6.45) is 1.98. The third-order valence-corrected chi connectivity index (χ3v) is 3.38. The average Bonchev–Trinajstić information content (AvgIpc) is 2.38. The van der Waals surface area contributed by atoms with Crippen LogP contribution < -0.4 is 5.56 Å². The van der Waals surface area contributed by atoms with Crippen molar-refractivity contribution in [3.8, 4) is 17.3 Å². The molecule has 0 aliphatic rings. The summed E-state index contributed by atoms with van der Waals surface area (Å²) < 4.78 is 0.211. The monoisotopic (exact) mass is 275 g/mol. The normalized spacial score (nSPS) is 10.0. The van der Waals surface area contributed by atoms with Crippen molar-refractivity contribution in [2.24, 2.45) is 0 Å². The van der Waals surface area contributed by atoms with Crippen LogP contribution in [0.1, 0.15) is 5.56 Å². The predicted octanol–water partition coefficient (Wildman–Crippen LogP) is 2.69. The number of aromatic nitrogens is 2.